The van der Waals surface area contributed by atoms with Crippen LogP contribution >= 0.6 is 0 Å². The molecule has 0 saturated carbocycles. The molecular formula is C11H17NO4. The second-order valence-electron chi connectivity index (χ2n) is 3.63. The van der Waals surface area contributed by atoms with Crippen LogP contribution < -0.4 is 0 Å². The second kappa shape index (κ2) is 5.65. The van der Waals surface area contributed by atoms with Gasteiger partial charge in [0, 0.05) is 7.11 Å². The SMILES string of the molecule is CCOC(=O)c1oc(COC)nc1C(C)C. The summed E-state index contributed by atoms with van der Waals surface area (Å²) in [4.78, 5) is 15.8. The average Bonchev–Trinajstić information content (AvgIpc) is 2.63. The molecule has 0 bridgehead atoms. The fourth-order valence-corrected chi connectivity index (χ4v) is 1.30. The minimum atomic E-state index is -0.471. The van der Waals surface area contributed by atoms with Crippen molar-refractivity contribution in [3.05, 3.63) is 17.3 Å². The van der Waals surface area contributed by atoms with Crippen molar-refractivity contribution < 1.29 is 18.7 Å². The number of carbonyl (C=O) groups is 1. The highest BCUT2D eigenvalue weighted by molar-refractivity contribution is 5.87. The zero-order valence-corrected chi connectivity index (χ0v) is 10.1. The van der Waals surface area contributed by atoms with Gasteiger partial charge in [0.15, 0.2) is 0 Å². The van der Waals surface area contributed by atoms with Crippen molar-refractivity contribution in [3.63, 3.8) is 0 Å². The number of hydrogen-bond acceptors (Lipinski definition) is 5. The Morgan fingerprint density at radius 3 is 2.69 bits per heavy atom. The van der Waals surface area contributed by atoms with Gasteiger partial charge < -0.3 is 13.9 Å². The van der Waals surface area contributed by atoms with Crippen molar-refractivity contribution in [2.75, 3.05) is 13.7 Å². The molecule has 0 aromatic carbocycles. The molecule has 0 saturated heterocycles. The van der Waals surface area contributed by atoms with Crippen molar-refractivity contribution in [2.45, 2.75) is 33.3 Å². The molecule has 0 radical (unpaired) electrons. The van der Waals surface area contributed by atoms with Crippen LogP contribution in [0.2, 0.25) is 0 Å². The molecular weight excluding hydrogens is 210 g/mol. The highest BCUT2D eigenvalue weighted by Crippen LogP contribution is 2.21. The van der Waals surface area contributed by atoms with Gasteiger partial charge in [0.25, 0.3) is 0 Å². The lowest BCUT2D eigenvalue weighted by Gasteiger charge is -2.02. The van der Waals surface area contributed by atoms with Gasteiger partial charge in [0.05, 0.1) is 12.3 Å². The van der Waals surface area contributed by atoms with Crippen LogP contribution in [0.25, 0.3) is 0 Å². The number of hydrogen-bond donors (Lipinski definition) is 0. The maximum absolute atomic E-state index is 11.6. The molecule has 0 aliphatic heterocycles. The van der Waals surface area contributed by atoms with E-state index in [1.165, 1.54) is 0 Å². The van der Waals surface area contributed by atoms with Crippen molar-refractivity contribution in [3.8, 4) is 0 Å². The van der Waals surface area contributed by atoms with Crippen molar-refractivity contribution in [1.29, 1.82) is 0 Å². The van der Waals surface area contributed by atoms with E-state index >= 15 is 0 Å². The number of rotatable bonds is 5. The molecule has 0 N–H and O–H groups in total. The standard InChI is InChI=1S/C11H17NO4/c1-5-15-11(13)10-9(7(2)3)12-8(16-10)6-14-4/h7H,5-6H2,1-4H3. The molecule has 1 rings (SSSR count). The number of oxazole rings is 1. The summed E-state index contributed by atoms with van der Waals surface area (Å²) in [5.74, 6) is 0.216. The van der Waals surface area contributed by atoms with Gasteiger partial charge in [-0.2, -0.15) is 0 Å². The van der Waals surface area contributed by atoms with E-state index in [-0.39, 0.29) is 18.3 Å². The van der Waals surface area contributed by atoms with Gasteiger partial charge in [-0.1, -0.05) is 13.8 Å². The lowest BCUT2D eigenvalue weighted by Crippen LogP contribution is -2.07. The Morgan fingerprint density at radius 2 is 2.19 bits per heavy atom. The monoisotopic (exact) mass is 227 g/mol. The largest absolute Gasteiger partial charge is 0.460 e. The summed E-state index contributed by atoms with van der Waals surface area (Å²) in [6, 6.07) is 0. The smallest absolute Gasteiger partial charge is 0.376 e. The molecule has 0 amide bonds. The van der Waals surface area contributed by atoms with E-state index in [2.05, 4.69) is 4.98 Å². The third-order valence-corrected chi connectivity index (χ3v) is 1.97. The van der Waals surface area contributed by atoms with Crippen LogP contribution in [0.3, 0.4) is 0 Å². The van der Waals surface area contributed by atoms with E-state index in [1.807, 2.05) is 13.8 Å². The van der Waals surface area contributed by atoms with Crippen LogP contribution in [0.5, 0.6) is 0 Å². The fourth-order valence-electron chi connectivity index (χ4n) is 1.30. The normalized spacial score (nSPS) is 10.8. The summed E-state index contributed by atoms with van der Waals surface area (Å²) < 4.78 is 15.1. The first-order valence-corrected chi connectivity index (χ1v) is 5.25. The Balaban J connectivity index is 2.99. The molecule has 90 valence electrons. The third-order valence-electron chi connectivity index (χ3n) is 1.97. The minimum absolute atomic E-state index is 0.105. The van der Waals surface area contributed by atoms with E-state index in [9.17, 15) is 4.79 Å². The molecule has 5 nitrogen and oxygen atoms in total. The molecule has 5 heteroatoms. The molecule has 0 unspecified atom stereocenters. The lowest BCUT2D eigenvalue weighted by molar-refractivity contribution is 0.0481. The van der Waals surface area contributed by atoms with Crippen molar-refractivity contribution in [1.82, 2.24) is 4.98 Å². The summed E-state index contributed by atoms with van der Waals surface area (Å²) >= 11 is 0. The zero-order chi connectivity index (χ0) is 12.1. The molecule has 0 aliphatic rings. The highest BCUT2D eigenvalue weighted by atomic mass is 16.5. The summed E-state index contributed by atoms with van der Waals surface area (Å²) in [5.41, 5.74) is 0.616. The molecule has 0 fully saturated rings. The summed E-state index contributed by atoms with van der Waals surface area (Å²) in [6.07, 6.45) is 0. The maximum atomic E-state index is 11.6. The second-order valence-corrected chi connectivity index (χ2v) is 3.63. The summed E-state index contributed by atoms with van der Waals surface area (Å²) in [6.45, 7) is 6.20. The molecule has 1 aromatic rings. The van der Waals surface area contributed by atoms with Crippen LogP contribution in [-0.2, 0) is 16.1 Å². The van der Waals surface area contributed by atoms with Crippen LogP contribution in [0.15, 0.2) is 4.42 Å². The van der Waals surface area contributed by atoms with Gasteiger partial charge in [0.2, 0.25) is 11.7 Å². The van der Waals surface area contributed by atoms with E-state index in [4.69, 9.17) is 13.9 Å². The van der Waals surface area contributed by atoms with E-state index < -0.39 is 5.97 Å². The van der Waals surface area contributed by atoms with Gasteiger partial charge in [-0.05, 0) is 12.8 Å². The minimum Gasteiger partial charge on any atom is -0.460 e. The van der Waals surface area contributed by atoms with Gasteiger partial charge in [-0.15, -0.1) is 0 Å². The number of carbonyl (C=O) groups excluding carboxylic acids is 1. The highest BCUT2D eigenvalue weighted by Gasteiger charge is 2.23. The third kappa shape index (κ3) is 2.82. The van der Waals surface area contributed by atoms with Crippen molar-refractivity contribution >= 4 is 5.97 Å². The fraction of sp³-hybridized carbons (Fsp3) is 0.636. The molecule has 0 atom stereocenters. The number of methoxy groups -OCH3 is 1. The number of ether oxygens (including phenoxy) is 2. The van der Waals surface area contributed by atoms with E-state index in [1.54, 1.807) is 14.0 Å². The molecule has 1 heterocycles. The zero-order valence-electron chi connectivity index (χ0n) is 10.1. The van der Waals surface area contributed by atoms with Crippen LogP contribution in [-0.4, -0.2) is 24.7 Å². The summed E-state index contributed by atoms with van der Waals surface area (Å²) in [7, 11) is 1.54. The Bertz CT molecular complexity index is 357. The number of aromatic nitrogens is 1. The first-order chi connectivity index (χ1) is 7.60. The van der Waals surface area contributed by atoms with Crippen molar-refractivity contribution in [2.24, 2.45) is 0 Å². The maximum Gasteiger partial charge on any atom is 0.376 e. The van der Waals surface area contributed by atoms with Crippen LogP contribution in [0.1, 0.15) is 48.8 Å². The molecule has 0 spiro atoms. The van der Waals surface area contributed by atoms with Crippen LogP contribution in [0, 0.1) is 0 Å². The van der Waals surface area contributed by atoms with Crippen LogP contribution in [0.4, 0.5) is 0 Å². The predicted octanol–water partition coefficient (Wildman–Crippen LogP) is 2.12. The van der Waals surface area contributed by atoms with Gasteiger partial charge in [-0.3, -0.25) is 0 Å². The number of nitrogens with zero attached hydrogens (tertiary/aromatic N) is 1. The Hall–Kier alpha value is -1.36. The lowest BCUT2D eigenvalue weighted by atomic mass is 10.1. The molecule has 16 heavy (non-hydrogen) atoms. The first-order valence-electron chi connectivity index (χ1n) is 5.25. The Morgan fingerprint density at radius 1 is 1.50 bits per heavy atom. The molecule has 0 aliphatic carbocycles. The van der Waals surface area contributed by atoms with E-state index in [0.717, 1.165) is 0 Å². The van der Waals surface area contributed by atoms with Gasteiger partial charge in [-0.25, -0.2) is 9.78 Å². The quantitative estimate of drug-likeness (QED) is 0.721. The van der Waals surface area contributed by atoms with E-state index in [0.29, 0.717) is 18.2 Å². The summed E-state index contributed by atoms with van der Waals surface area (Å²) in [5, 5.41) is 0. The number of esters is 1. The Labute approximate surface area is 94.8 Å². The first kappa shape index (κ1) is 12.7. The van der Waals surface area contributed by atoms with Gasteiger partial charge in [0.1, 0.15) is 6.61 Å². The average molecular weight is 227 g/mol. The topological polar surface area (TPSA) is 61.6 Å². The Kier molecular flexibility index (Phi) is 4.49. The molecule has 1 aromatic heterocycles. The predicted molar refractivity (Wildman–Crippen MR) is 57.3 cm³/mol. The van der Waals surface area contributed by atoms with Gasteiger partial charge >= 0.3 is 5.97 Å².